The van der Waals surface area contributed by atoms with Crippen LogP contribution < -0.4 is 4.90 Å². The first-order valence-corrected chi connectivity index (χ1v) is 9.64. The summed E-state index contributed by atoms with van der Waals surface area (Å²) in [6.07, 6.45) is 1.68. The van der Waals surface area contributed by atoms with Gasteiger partial charge in [-0.1, -0.05) is 18.2 Å². The van der Waals surface area contributed by atoms with E-state index < -0.39 is 6.04 Å². The van der Waals surface area contributed by atoms with Crippen LogP contribution in [-0.4, -0.2) is 26.2 Å². The summed E-state index contributed by atoms with van der Waals surface area (Å²) in [5, 5.41) is 21.7. The number of thiazole rings is 1. The molecule has 0 saturated carbocycles. The number of H-pyrrole nitrogens is 1. The molecule has 26 heavy (non-hydrogen) atoms. The minimum atomic E-state index is -0.397. The quantitative estimate of drug-likeness (QED) is 0.562. The zero-order chi connectivity index (χ0) is 17.7. The Bertz CT molecular complexity index is 1090. The molecule has 0 fully saturated rings. The maximum absolute atomic E-state index is 13.1. The number of anilines is 1. The first-order chi connectivity index (χ1) is 12.7. The van der Waals surface area contributed by atoms with E-state index in [0.717, 1.165) is 21.7 Å². The van der Waals surface area contributed by atoms with Crippen molar-refractivity contribution < 1.29 is 9.90 Å². The Morgan fingerprint density at radius 3 is 2.81 bits per heavy atom. The topological polar surface area (TPSA) is 82.1 Å². The molecule has 6 nitrogen and oxygen atoms in total. The van der Waals surface area contributed by atoms with E-state index in [1.54, 1.807) is 40.6 Å². The number of phenols is 1. The molecule has 5 rings (SSSR count). The van der Waals surface area contributed by atoms with Gasteiger partial charge in [-0.25, -0.2) is 4.98 Å². The summed E-state index contributed by atoms with van der Waals surface area (Å²) in [6.45, 7) is 0. The lowest BCUT2D eigenvalue weighted by molar-refractivity contribution is 0.0988. The van der Waals surface area contributed by atoms with E-state index >= 15 is 0 Å². The summed E-state index contributed by atoms with van der Waals surface area (Å²) in [5.74, 6) is -0.0361. The number of aromatic hydroxyl groups is 1. The summed E-state index contributed by atoms with van der Waals surface area (Å²) in [6, 6.07) is 10.5. The monoisotopic (exact) mass is 380 g/mol. The van der Waals surface area contributed by atoms with Crippen molar-refractivity contribution in [3.05, 3.63) is 70.2 Å². The molecule has 8 heteroatoms. The Balaban J connectivity index is 1.76. The van der Waals surface area contributed by atoms with E-state index in [4.69, 9.17) is 0 Å². The summed E-state index contributed by atoms with van der Waals surface area (Å²) < 4.78 is 0. The third-order valence-electron chi connectivity index (χ3n) is 4.34. The van der Waals surface area contributed by atoms with E-state index in [-0.39, 0.29) is 11.7 Å². The highest BCUT2D eigenvalue weighted by atomic mass is 32.1. The van der Waals surface area contributed by atoms with Crippen LogP contribution in [0.3, 0.4) is 0 Å². The number of fused-ring (bicyclic) bond motifs is 1. The second-order valence-corrected chi connectivity index (χ2v) is 7.65. The molecule has 0 radical (unpaired) electrons. The number of nitrogens with one attached hydrogen (secondary N) is 1. The highest BCUT2D eigenvalue weighted by Gasteiger charge is 2.44. The minimum absolute atomic E-state index is 0.156. The van der Waals surface area contributed by atoms with Crippen molar-refractivity contribution in [3.63, 3.8) is 0 Å². The van der Waals surface area contributed by atoms with Gasteiger partial charge in [0.25, 0.3) is 5.91 Å². The smallest absolute Gasteiger partial charge is 0.281 e. The van der Waals surface area contributed by atoms with Gasteiger partial charge in [-0.2, -0.15) is 5.10 Å². The number of carbonyl (C=O) groups is 1. The lowest BCUT2D eigenvalue weighted by Gasteiger charge is -2.24. The Morgan fingerprint density at radius 1 is 1.15 bits per heavy atom. The molecule has 1 aromatic carbocycles. The highest BCUT2D eigenvalue weighted by molar-refractivity contribution is 7.14. The van der Waals surface area contributed by atoms with Gasteiger partial charge in [0, 0.05) is 17.1 Å². The first-order valence-electron chi connectivity index (χ1n) is 7.88. The molecule has 1 aliphatic heterocycles. The number of carbonyl (C=O) groups excluding carboxylic acids is 1. The van der Waals surface area contributed by atoms with Gasteiger partial charge in [-0.05, 0) is 29.1 Å². The molecule has 1 atom stereocenters. The van der Waals surface area contributed by atoms with Gasteiger partial charge in [-0.3, -0.25) is 14.8 Å². The molecule has 1 aliphatic rings. The van der Waals surface area contributed by atoms with E-state index in [0.29, 0.717) is 10.8 Å². The first kappa shape index (κ1) is 15.3. The van der Waals surface area contributed by atoms with Crippen molar-refractivity contribution in [2.45, 2.75) is 6.04 Å². The average molecular weight is 380 g/mol. The Morgan fingerprint density at radius 2 is 2.08 bits per heavy atom. The molecule has 3 aromatic heterocycles. The summed E-state index contributed by atoms with van der Waals surface area (Å²) in [5.41, 5.74) is 2.86. The number of amides is 1. The van der Waals surface area contributed by atoms with E-state index in [1.807, 2.05) is 29.0 Å². The zero-order valence-electron chi connectivity index (χ0n) is 13.3. The number of thiophene rings is 1. The molecule has 0 spiro atoms. The molecule has 0 aliphatic carbocycles. The predicted molar refractivity (Wildman–Crippen MR) is 101 cm³/mol. The van der Waals surface area contributed by atoms with Gasteiger partial charge < -0.3 is 5.11 Å². The number of rotatable bonds is 3. The van der Waals surface area contributed by atoms with Crippen LogP contribution in [0.2, 0.25) is 0 Å². The van der Waals surface area contributed by atoms with Crippen molar-refractivity contribution in [1.29, 1.82) is 0 Å². The Kier molecular flexibility index (Phi) is 3.41. The third-order valence-corrected chi connectivity index (χ3v) is 5.99. The fourth-order valence-electron chi connectivity index (χ4n) is 3.29. The fourth-order valence-corrected chi connectivity index (χ4v) is 4.69. The largest absolute Gasteiger partial charge is 0.508 e. The van der Waals surface area contributed by atoms with Gasteiger partial charge in [0.15, 0.2) is 10.8 Å². The van der Waals surface area contributed by atoms with Crippen LogP contribution >= 0.6 is 22.7 Å². The maximum atomic E-state index is 13.1. The summed E-state index contributed by atoms with van der Waals surface area (Å²) >= 11 is 2.98. The van der Waals surface area contributed by atoms with Crippen LogP contribution in [0.4, 0.5) is 5.13 Å². The molecular weight excluding hydrogens is 368 g/mol. The Hall–Kier alpha value is -2.97. The number of benzene rings is 1. The van der Waals surface area contributed by atoms with Crippen LogP contribution in [0.25, 0.3) is 10.6 Å². The molecule has 128 valence electrons. The van der Waals surface area contributed by atoms with E-state index in [2.05, 4.69) is 15.2 Å². The third kappa shape index (κ3) is 2.19. The molecule has 0 unspecified atom stereocenters. The number of hydrogen-bond donors (Lipinski definition) is 2. The normalized spacial score (nSPS) is 16.2. The standard InChI is InChI=1S/C18H12N4O2S2/c23-11-4-1-3-10(9-11)16-13-14(12-5-2-7-25-12)20-21-15(13)17(24)22(16)18-19-6-8-26-18/h1-9,16,23H,(H,20,21)/t16-/m1/s1. The highest BCUT2D eigenvalue weighted by Crippen LogP contribution is 2.46. The van der Waals surface area contributed by atoms with Crippen molar-refractivity contribution in [1.82, 2.24) is 15.2 Å². The Labute approximate surface area is 156 Å². The van der Waals surface area contributed by atoms with Crippen molar-refractivity contribution in [3.8, 4) is 16.3 Å². The average Bonchev–Trinajstić information content (AvgIpc) is 3.41. The molecule has 4 heterocycles. The molecular formula is C18H12N4O2S2. The lowest BCUT2D eigenvalue weighted by Crippen LogP contribution is -2.29. The molecule has 2 N–H and O–H groups in total. The zero-order valence-corrected chi connectivity index (χ0v) is 14.9. The van der Waals surface area contributed by atoms with Gasteiger partial charge in [0.2, 0.25) is 0 Å². The van der Waals surface area contributed by atoms with Crippen molar-refractivity contribution in [2.75, 3.05) is 4.90 Å². The number of hydrogen-bond acceptors (Lipinski definition) is 6. The number of phenolic OH excluding ortho intramolecular Hbond substituents is 1. The van der Waals surface area contributed by atoms with Gasteiger partial charge in [0.05, 0.1) is 16.6 Å². The van der Waals surface area contributed by atoms with Crippen LogP contribution in [0.5, 0.6) is 5.75 Å². The van der Waals surface area contributed by atoms with Crippen LogP contribution in [-0.2, 0) is 0 Å². The minimum Gasteiger partial charge on any atom is -0.508 e. The molecule has 0 saturated heterocycles. The lowest BCUT2D eigenvalue weighted by atomic mass is 9.98. The second-order valence-electron chi connectivity index (χ2n) is 5.83. The van der Waals surface area contributed by atoms with E-state index in [9.17, 15) is 9.90 Å². The summed E-state index contributed by atoms with van der Waals surface area (Å²) in [4.78, 5) is 20.1. The van der Waals surface area contributed by atoms with Crippen LogP contribution in [0, 0.1) is 0 Å². The van der Waals surface area contributed by atoms with Crippen LogP contribution in [0.1, 0.15) is 27.7 Å². The van der Waals surface area contributed by atoms with Crippen molar-refractivity contribution >= 4 is 33.7 Å². The summed E-state index contributed by atoms with van der Waals surface area (Å²) in [7, 11) is 0. The number of aromatic nitrogens is 3. The van der Waals surface area contributed by atoms with Gasteiger partial charge in [0.1, 0.15) is 5.75 Å². The molecule has 4 aromatic rings. The van der Waals surface area contributed by atoms with Gasteiger partial charge in [-0.15, -0.1) is 22.7 Å². The second kappa shape index (κ2) is 5.79. The molecule has 1 amide bonds. The predicted octanol–water partition coefficient (Wildman–Crippen LogP) is 4.05. The number of aromatic amines is 1. The van der Waals surface area contributed by atoms with Gasteiger partial charge >= 0.3 is 0 Å². The SMILES string of the molecule is O=C1c2n[nH]c(-c3cccs3)c2[C@@H](c2cccc(O)c2)N1c1nccs1. The van der Waals surface area contributed by atoms with Crippen molar-refractivity contribution in [2.24, 2.45) is 0 Å². The van der Waals surface area contributed by atoms with Crippen LogP contribution in [0.15, 0.2) is 53.4 Å². The fraction of sp³-hybridized carbons (Fsp3) is 0.0556. The molecule has 0 bridgehead atoms. The number of nitrogens with zero attached hydrogens (tertiary/aromatic N) is 3. The maximum Gasteiger partial charge on any atom is 0.281 e. The van der Waals surface area contributed by atoms with E-state index in [1.165, 1.54) is 11.3 Å².